The van der Waals surface area contributed by atoms with Crippen molar-refractivity contribution in [1.29, 1.82) is 0 Å². The second-order valence-corrected chi connectivity index (χ2v) is 1.57. The largest absolute Gasteiger partial charge is 2.00 e. The maximum Gasteiger partial charge on any atom is 2.00 e. The molecule has 0 aliphatic heterocycles. The number of rotatable bonds is 0. The van der Waals surface area contributed by atoms with E-state index in [1.54, 1.807) is 0 Å². The van der Waals surface area contributed by atoms with E-state index in [4.69, 9.17) is 34.6 Å². The summed E-state index contributed by atoms with van der Waals surface area (Å²) >= 11 is 0. The van der Waals surface area contributed by atoms with Crippen LogP contribution in [0.2, 0.25) is 0 Å². The molecule has 56 valence electrons. The maximum absolute atomic E-state index is 8.55. The molecule has 0 amide bonds. The number of hydrogen-bond acceptors (Lipinski definition) is 7. The van der Waals surface area contributed by atoms with E-state index in [9.17, 15) is 0 Å². The topological polar surface area (TPSA) is 152 Å². The molecule has 0 heterocycles. The van der Waals surface area contributed by atoms with E-state index < -0.39 is 12.9 Å². The first-order valence-corrected chi connectivity index (χ1v) is 2.74. The van der Waals surface area contributed by atoms with Gasteiger partial charge in [0.1, 0.15) is 0 Å². The molecule has 11 heavy (non-hydrogen) atoms. The molecule has 0 N–H and O–H groups in total. The van der Waals surface area contributed by atoms with Crippen LogP contribution in [-0.2, 0) is 4.57 Å². The van der Waals surface area contributed by atoms with Gasteiger partial charge < -0.3 is 34.6 Å². The summed E-state index contributed by atoms with van der Waals surface area (Å²) in [6.45, 7) is 0. The quantitative estimate of drug-likeness (QED) is 0.176. The van der Waals surface area contributed by atoms with Crippen molar-refractivity contribution in [1.82, 2.24) is 0 Å². The minimum Gasteiger partial charge on any atom is -0.822 e. The van der Waals surface area contributed by atoms with Crippen LogP contribution in [0.1, 0.15) is 0 Å². The molecule has 0 spiro atoms. The van der Waals surface area contributed by atoms with Crippen LogP contribution in [0.15, 0.2) is 0 Å². The maximum atomic E-state index is 8.55. The molecule has 0 aliphatic carbocycles. The van der Waals surface area contributed by atoms with E-state index in [1.807, 2.05) is 0 Å². The first kappa shape index (κ1) is 22.8. The molecule has 0 bridgehead atoms. The Labute approximate surface area is 107 Å². The Balaban J connectivity index is -0.0000000383. The minimum absolute atomic E-state index is 0. The van der Waals surface area contributed by atoms with Gasteiger partial charge in [-0.25, -0.2) is 0 Å². The van der Waals surface area contributed by atoms with Crippen LogP contribution in [0.25, 0.3) is 0 Å². The zero-order chi connectivity index (χ0) is 8.08. The summed E-state index contributed by atoms with van der Waals surface area (Å²) < 4.78 is 8.55. The standard InChI is InChI=1S/Ca.Mg.NO3.H3O4P/c;;2-1(3)4;1-5(2,3)4/h;;;(H3,1,2,3,4)/q2*+2;-1;/p-3. The van der Waals surface area contributed by atoms with E-state index in [0.717, 1.165) is 0 Å². The van der Waals surface area contributed by atoms with Crippen molar-refractivity contribution in [3.8, 4) is 0 Å². The average Bonchev–Trinajstić information content (AvgIpc) is 1.19. The number of nitrogens with zero attached hydrogens (tertiary/aromatic N) is 1. The van der Waals surface area contributed by atoms with Crippen molar-refractivity contribution in [3.63, 3.8) is 0 Å². The second kappa shape index (κ2) is 11.3. The SMILES string of the molecule is O=P([O-])([O-])[O-].O=[N+]([O-])[O-].[Ca+2].[Mg+2]. The molecule has 0 atom stereocenters. The molecule has 0 aromatic carbocycles. The van der Waals surface area contributed by atoms with Gasteiger partial charge in [0, 0.05) is 0 Å². The molecular weight excluding hydrogens is 221 g/mol. The Bertz CT molecular complexity index is 118. The van der Waals surface area contributed by atoms with Crippen LogP contribution < -0.4 is 14.7 Å². The monoisotopic (exact) mass is 221 g/mol. The zero-order valence-corrected chi connectivity index (χ0v) is 9.68. The summed E-state index contributed by atoms with van der Waals surface area (Å²) in [4.78, 5) is 33.9. The van der Waals surface area contributed by atoms with Crippen molar-refractivity contribution in [2.45, 2.75) is 0 Å². The number of hydrogen-bond donors (Lipinski definition) is 0. The Morgan fingerprint density at radius 2 is 1.09 bits per heavy atom. The third-order valence-electron chi connectivity index (χ3n) is 0. The van der Waals surface area contributed by atoms with Crippen LogP contribution in [0.4, 0.5) is 0 Å². The average molecular weight is 221 g/mol. The van der Waals surface area contributed by atoms with Crippen molar-refractivity contribution in [2.75, 3.05) is 0 Å². The minimum atomic E-state index is -5.39. The summed E-state index contributed by atoms with van der Waals surface area (Å²) in [6.07, 6.45) is 0. The van der Waals surface area contributed by atoms with E-state index in [2.05, 4.69) is 0 Å². The molecule has 0 unspecified atom stereocenters. The Hall–Kier alpha value is 1.34. The van der Waals surface area contributed by atoms with Gasteiger partial charge in [-0.15, -0.1) is 0 Å². The molecule has 0 radical (unpaired) electrons. The summed E-state index contributed by atoms with van der Waals surface area (Å²) in [5, 5.41) is 14.8. The van der Waals surface area contributed by atoms with E-state index in [1.165, 1.54) is 0 Å². The molecule has 0 rings (SSSR count). The van der Waals surface area contributed by atoms with Gasteiger partial charge in [0.2, 0.25) is 0 Å². The smallest absolute Gasteiger partial charge is 0.822 e. The molecule has 0 aromatic rings. The normalized spacial score (nSPS) is 7.55. The fourth-order valence-corrected chi connectivity index (χ4v) is 0. The van der Waals surface area contributed by atoms with Gasteiger partial charge in [0.15, 0.2) is 0 Å². The Morgan fingerprint density at radius 3 is 1.09 bits per heavy atom. The summed E-state index contributed by atoms with van der Waals surface area (Å²) in [5.74, 6) is 0. The molecule has 0 aromatic heterocycles. The van der Waals surface area contributed by atoms with Crippen molar-refractivity contribution < 1.29 is 24.3 Å². The fraction of sp³-hybridized carbons (Fsp3) is 0. The first-order chi connectivity index (χ1) is 3.73. The summed E-state index contributed by atoms with van der Waals surface area (Å²) in [6, 6.07) is 0. The molecule has 11 heteroatoms. The van der Waals surface area contributed by atoms with Crippen LogP contribution >= 0.6 is 7.82 Å². The van der Waals surface area contributed by atoms with Gasteiger partial charge in [-0.2, -0.15) is 7.82 Å². The van der Waals surface area contributed by atoms with Gasteiger partial charge in [-0.1, -0.05) is 0 Å². The second-order valence-electron chi connectivity index (χ2n) is 0.671. The van der Waals surface area contributed by atoms with Gasteiger partial charge in [-0.3, -0.25) is 0 Å². The molecule has 0 aliphatic rings. The predicted octanol–water partition coefficient (Wildman–Crippen LogP) is -3.83. The molecule has 0 saturated heterocycles. The number of phosphoric acid groups is 1. The van der Waals surface area contributed by atoms with Gasteiger partial charge >= 0.3 is 60.8 Å². The first-order valence-electron chi connectivity index (χ1n) is 1.28. The molecule has 0 saturated carbocycles. The zero-order valence-electron chi connectivity index (χ0n) is 5.17. The third kappa shape index (κ3) is 554. The van der Waals surface area contributed by atoms with Gasteiger partial charge in [0.05, 0.1) is 5.09 Å². The molecular formula is CaMgNO7P. The van der Waals surface area contributed by atoms with Crippen molar-refractivity contribution in [3.05, 3.63) is 15.3 Å². The Kier molecular flexibility index (Phi) is 23.5. The third-order valence-corrected chi connectivity index (χ3v) is 0. The van der Waals surface area contributed by atoms with Crippen molar-refractivity contribution >= 4 is 68.6 Å². The predicted molar refractivity (Wildman–Crippen MR) is 29.5 cm³/mol. The van der Waals surface area contributed by atoms with E-state index >= 15 is 0 Å². The summed E-state index contributed by atoms with van der Waals surface area (Å²) in [7, 11) is -5.39. The van der Waals surface area contributed by atoms with Crippen molar-refractivity contribution in [2.24, 2.45) is 0 Å². The summed E-state index contributed by atoms with van der Waals surface area (Å²) in [5.41, 5.74) is 0. The molecule has 8 nitrogen and oxygen atoms in total. The van der Waals surface area contributed by atoms with Gasteiger partial charge in [-0.05, 0) is 0 Å². The fourth-order valence-electron chi connectivity index (χ4n) is 0. The van der Waals surface area contributed by atoms with E-state index in [-0.39, 0.29) is 60.8 Å². The van der Waals surface area contributed by atoms with Gasteiger partial charge in [0.25, 0.3) is 0 Å². The van der Waals surface area contributed by atoms with E-state index in [0.29, 0.717) is 0 Å². The van der Waals surface area contributed by atoms with Crippen LogP contribution in [0.5, 0.6) is 0 Å². The van der Waals surface area contributed by atoms with Crippen LogP contribution in [0, 0.1) is 15.3 Å². The van der Waals surface area contributed by atoms with Crippen LogP contribution in [0.3, 0.4) is 0 Å². The molecule has 0 fully saturated rings. The Morgan fingerprint density at radius 1 is 1.09 bits per heavy atom. The van der Waals surface area contributed by atoms with Crippen LogP contribution in [-0.4, -0.2) is 65.9 Å².